The molecule has 4 nitrogen and oxygen atoms in total. The zero-order valence-electron chi connectivity index (χ0n) is 12.4. The Kier molecular flexibility index (Phi) is 4.21. The average molecular weight is 326 g/mol. The zero-order valence-corrected chi connectivity index (χ0v) is 12.4. The predicted octanol–water partition coefficient (Wildman–Crippen LogP) is 3.67. The quantitative estimate of drug-likeness (QED) is 0.901. The predicted molar refractivity (Wildman–Crippen MR) is 76.7 cm³/mol. The number of ether oxygens (including phenoxy) is 2. The molecule has 1 aliphatic heterocycles. The first-order valence-corrected chi connectivity index (χ1v) is 7.58. The van der Waals surface area contributed by atoms with Crippen molar-refractivity contribution in [3.05, 3.63) is 29.3 Å². The lowest BCUT2D eigenvalue weighted by Crippen LogP contribution is -2.39. The fraction of sp³-hybridized carbons (Fsp3) is 0.562. The van der Waals surface area contributed by atoms with Crippen molar-refractivity contribution < 1.29 is 22.6 Å². The number of benzene rings is 1. The monoisotopic (exact) mass is 326 g/mol. The van der Waals surface area contributed by atoms with E-state index in [0.717, 1.165) is 31.7 Å². The Hall–Kier alpha value is -1.78. The summed E-state index contributed by atoms with van der Waals surface area (Å²) in [5.41, 5.74) is -0.885. The average Bonchev–Trinajstić information content (AvgIpc) is 2.97. The molecule has 1 spiro atoms. The molecule has 1 heterocycles. The van der Waals surface area contributed by atoms with Crippen LogP contribution in [-0.4, -0.2) is 25.0 Å². The van der Waals surface area contributed by atoms with Crippen LogP contribution in [-0.2, 0) is 15.7 Å². The summed E-state index contributed by atoms with van der Waals surface area (Å²) in [4.78, 5) is 0. The minimum Gasteiger partial charge on any atom is -0.382 e. The Bertz CT molecular complexity index is 609. The van der Waals surface area contributed by atoms with Crippen LogP contribution >= 0.6 is 0 Å². The molecule has 0 atom stereocenters. The number of nitrogens with zero attached hydrogens (tertiary/aromatic N) is 1. The molecule has 0 amide bonds. The van der Waals surface area contributed by atoms with Crippen molar-refractivity contribution in [1.29, 1.82) is 5.26 Å². The van der Waals surface area contributed by atoms with Gasteiger partial charge >= 0.3 is 6.18 Å². The normalized spacial score (nSPS) is 21.3. The summed E-state index contributed by atoms with van der Waals surface area (Å²) >= 11 is 0. The standard InChI is InChI=1S/C16H17F3N2O2/c17-16(18,19)14-9-13(2-1-11(14)10-20)21-12-3-5-15(6-4-12)22-7-8-23-15/h1-2,9,12,21H,3-8H2. The van der Waals surface area contributed by atoms with Gasteiger partial charge in [0.05, 0.1) is 30.4 Å². The number of hydrogen-bond acceptors (Lipinski definition) is 4. The van der Waals surface area contributed by atoms with E-state index in [9.17, 15) is 13.2 Å². The fourth-order valence-electron chi connectivity index (χ4n) is 3.19. The van der Waals surface area contributed by atoms with Crippen molar-refractivity contribution in [2.24, 2.45) is 0 Å². The number of nitriles is 1. The lowest BCUT2D eigenvalue weighted by molar-refractivity contribution is -0.177. The highest BCUT2D eigenvalue weighted by Crippen LogP contribution is 2.38. The lowest BCUT2D eigenvalue weighted by Gasteiger charge is -2.36. The topological polar surface area (TPSA) is 54.3 Å². The van der Waals surface area contributed by atoms with E-state index < -0.39 is 17.5 Å². The van der Waals surface area contributed by atoms with E-state index >= 15 is 0 Å². The van der Waals surface area contributed by atoms with Gasteiger partial charge in [-0.05, 0) is 31.0 Å². The Labute approximate surface area is 132 Å². The number of nitrogens with one attached hydrogen (secondary N) is 1. The molecular weight excluding hydrogens is 309 g/mol. The van der Waals surface area contributed by atoms with E-state index in [1.807, 2.05) is 0 Å². The summed E-state index contributed by atoms with van der Waals surface area (Å²) in [6, 6.07) is 5.38. The highest BCUT2D eigenvalue weighted by Gasteiger charge is 2.40. The van der Waals surface area contributed by atoms with E-state index in [-0.39, 0.29) is 11.6 Å². The fourth-order valence-corrected chi connectivity index (χ4v) is 3.19. The minimum absolute atomic E-state index is 0.0717. The summed E-state index contributed by atoms with van der Waals surface area (Å²) < 4.78 is 50.2. The van der Waals surface area contributed by atoms with E-state index in [0.29, 0.717) is 18.9 Å². The van der Waals surface area contributed by atoms with Crippen LogP contribution in [0.25, 0.3) is 0 Å². The second-order valence-electron chi connectivity index (χ2n) is 5.90. The van der Waals surface area contributed by atoms with Crippen LogP contribution in [0.2, 0.25) is 0 Å². The molecule has 0 radical (unpaired) electrons. The van der Waals surface area contributed by atoms with Gasteiger partial charge in [-0.1, -0.05) is 0 Å². The molecule has 1 saturated heterocycles. The molecule has 2 fully saturated rings. The van der Waals surface area contributed by atoms with E-state index in [1.54, 1.807) is 6.07 Å². The Balaban J connectivity index is 1.68. The van der Waals surface area contributed by atoms with Gasteiger partial charge in [-0.25, -0.2) is 0 Å². The molecule has 0 unspecified atom stereocenters. The summed E-state index contributed by atoms with van der Waals surface area (Å²) in [5, 5.41) is 11.9. The molecule has 3 rings (SSSR count). The number of hydrogen-bond donors (Lipinski definition) is 1. The Morgan fingerprint density at radius 3 is 2.39 bits per heavy atom. The molecular formula is C16H17F3N2O2. The second-order valence-corrected chi connectivity index (χ2v) is 5.90. The van der Waals surface area contributed by atoms with Crippen LogP contribution < -0.4 is 5.32 Å². The van der Waals surface area contributed by atoms with Crippen molar-refractivity contribution in [3.8, 4) is 6.07 Å². The molecule has 1 aromatic rings. The van der Waals surface area contributed by atoms with Gasteiger partial charge in [-0.3, -0.25) is 0 Å². The molecule has 7 heteroatoms. The smallest absolute Gasteiger partial charge is 0.382 e. The van der Waals surface area contributed by atoms with Gasteiger partial charge in [-0.2, -0.15) is 18.4 Å². The van der Waals surface area contributed by atoms with Gasteiger partial charge in [0.25, 0.3) is 0 Å². The van der Waals surface area contributed by atoms with Gasteiger partial charge < -0.3 is 14.8 Å². The van der Waals surface area contributed by atoms with Crippen LogP contribution in [0.15, 0.2) is 18.2 Å². The molecule has 23 heavy (non-hydrogen) atoms. The molecule has 1 saturated carbocycles. The van der Waals surface area contributed by atoms with Crippen molar-refractivity contribution in [2.45, 2.75) is 43.7 Å². The van der Waals surface area contributed by atoms with E-state index in [4.69, 9.17) is 14.7 Å². The first-order valence-electron chi connectivity index (χ1n) is 7.58. The summed E-state index contributed by atoms with van der Waals surface area (Å²) in [6.07, 6.45) is -1.55. The SMILES string of the molecule is N#Cc1ccc(NC2CCC3(CC2)OCCO3)cc1C(F)(F)F. The van der Waals surface area contributed by atoms with Gasteiger partial charge in [0, 0.05) is 24.6 Å². The molecule has 0 aromatic heterocycles. The first-order chi connectivity index (χ1) is 10.9. The van der Waals surface area contributed by atoms with Crippen molar-refractivity contribution in [1.82, 2.24) is 0 Å². The van der Waals surface area contributed by atoms with Gasteiger partial charge in [-0.15, -0.1) is 0 Å². The molecule has 124 valence electrons. The minimum atomic E-state index is -4.54. The van der Waals surface area contributed by atoms with Crippen LogP contribution in [0.4, 0.5) is 18.9 Å². The molecule has 0 bridgehead atoms. The van der Waals surface area contributed by atoms with E-state index in [1.165, 1.54) is 12.1 Å². The number of rotatable bonds is 2. The number of anilines is 1. The lowest BCUT2D eigenvalue weighted by atomic mass is 9.90. The Morgan fingerprint density at radius 1 is 1.17 bits per heavy atom. The van der Waals surface area contributed by atoms with Crippen LogP contribution in [0.5, 0.6) is 0 Å². The van der Waals surface area contributed by atoms with Crippen molar-refractivity contribution >= 4 is 5.69 Å². The summed E-state index contributed by atoms with van der Waals surface area (Å²) in [6.45, 7) is 1.20. The Morgan fingerprint density at radius 2 is 1.83 bits per heavy atom. The third kappa shape index (κ3) is 3.43. The molecule has 1 aliphatic carbocycles. The second kappa shape index (κ2) is 6.02. The number of alkyl halides is 3. The molecule has 2 aliphatic rings. The summed E-state index contributed by atoms with van der Waals surface area (Å²) in [7, 11) is 0. The van der Waals surface area contributed by atoms with Crippen LogP contribution in [0.3, 0.4) is 0 Å². The third-order valence-corrected chi connectivity index (χ3v) is 4.38. The molecule has 1 aromatic carbocycles. The van der Waals surface area contributed by atoms with Gasteiger partial charge in [0.15, 0.2) is 5.79 Å². The van der Waals surface area contributed by atoms with Crippen molar-refractivity contribution in [2.75, 3.05) is 18.5 Å². The van der Waals surface area contributed by atoms with Gasteiger partial charge in [0.2, 0.25) is 0 Å². The largest absolute Gasteiger partial charge is 0.417 e. The summed E-state index contributed by atoms with van der Waals surface area (Å²) in [5.74, 6) is -0.486. The van der Waals surface area contributed by atoms with Crippen LogP contribution in [0, 0.1) is 11.3 Å². The highest BCUT2D eigenvalue weighted by molar-refractivity contribution is 5.53. The molecule has 1 N–H and O–H groups in total. The highest BCUT2D eigenvalue weighted by atomic mass is 19.4. The first kappa shape index (κ1) is 16.1. The maximum atomic E-state index is 13.0. The van der Waals surface area contributed by atoms with Gasteiger partial charge in [0.1, 0.15) is 0 Å². The zero-order chi connectivity index (χ0) is 16.5. The number of halogens is 3. The van der Waals surface area contributed by atoms with Crippen molar-refractivity contribution in [3.63, 3.8) is 0 Å². The maximum Gasteiger partial charge on any atom is 0.417 e. The maximum absolute atomic E-state index is 13.0. The third-order valence-electron chi connectivity index (χ3n) is 4.38. The van der Waals surface area contributed by atoms with Crippen LogP contribution in [0.1, 0.15) is 36.8 Å². The van der Waals surface area contributed by atoms with E-state index in [2.05, 4.69) is 5.32 Å².